The standard InChI is InChI=1S/C15H22N2O/c1-3-11(2)9-15(18)17-8-7-13-12(10-17)5-4-6-14(13)16/h4-6,11H,3,7-10,16H2,1-2H3. The molecule has 0 fully saturated rings. The first kappa shape index (κ1) is 12.9. The van der Waals surface area contributed by atoms with Crippen LogP contribution >= 0.6 is 0 Å². The molecule has 1 unspecified atom stereocenters. The summed E-state index contributed by atoms with van der Waals surface area (Å²) in [6.45, 7) is 5.78. The van der Waals surface area contributed by atoms with Gasteiger partial charge >= 0.3 is 0 Å². The molecule has 3 nitrogen and oxygen atoms in total. The molecule has 1 atom stereocenters. The average Bonchev–Trinajstić information content (AvgIpc) is 2.38. The number of rotatable bonds is 3. The number of carbonyl (C=O) groups is 1. The fraction of sp³-hybridized carbons (Fsp3) is 0.533. The molecule has 1 aliphatic rings. The van der Waals surface area contributed by atoms with Crippen molar-refractivity contribution >= 4 is 11.6 Å². The summed E-state index contributed by atoms with van der Waals surface area (Å²) in [5, 5.41) is 0. The first-order chi connectivity index (χ1) is 8.61. The summed E-state index contributed by atoms with van der Waals surface area (Å²) in [6, 6.07) is 5.99. The zero-order chi connectivity index (χ0) is 13.1. The molecule has 0 radical (unpaired) electrons. The summed E-state index contributed by atoms with van der Waals surface area (Å²) in [5.74, 6) is 0.747. The lowest BCUT2D eigenvalue weighted by molar-refractivity contribution is -0.133. The molecule has 1 aromatic rings. The van der Waals surface area contributed by atoms with Gasteiger partial charge in [-0.05, 0) is 29.5 Å². The van der Waals surface area contributed by atoms with Crippen LogP contribution in [0, 0.1) is 5.92 Å². The summed E-state index contributed by atoms with van der Waals surface area (Å²) in [7, 11) is 0. The number of fused-ring (bicyclic) bond motifs is 1. The summed E-state index contributed by atoms with van der Waals surface area (Å²) >= 11 is 0. The van der Waals surface area contributed by atoms with Gasteiger partial charge in [0.2, 0.25) is 5.91 Å². The molecule has 0 saturated carbocycles. The van der Waals surface area contributed by atoms with Gasteiger partial charge in [0.1, 0.15) is 0 Å². The Balaban J connectivity index is 2.06. The molecule has 1 heterocycles. The molecule has 0 spiro atoms. The van der Waals surface area contributed by atoms with Crippen molar-refractivity contribution in [3.8, 4) is 0 Å². The molecule has 98 valence electrons. The highest BCUT2D eigenvalue weighted by Crippen LogP contribution is 2.25. The van der Waals surface area contributed by atoms with E-state index in [4.69, 9.17) is 5.73 Å². The third kappa shape index (κ3) is 2.66. The predicted molar refractivity (Wildman–Crippen MR) is 74.0 cm³/mol. The van der Waals surface area contributed by atoms with Gasteiger partial charge in [-0.15, -0.1) is 0 Å². The largest absolute Gasteiger partial charge is 0.398 e. The van der Waals surface area contributed by atoms with E-state index in [1.54, 1.807) is 0 Å². The van der Waals surface area contributed by atoms with E-state index < -0.39 is 0 Å². The van der Waals surface area contributed by atoms with Crippen LogP contribution in [0.25, 0.3) is 0 Å². The van der Waals surface area contributed by atoms with Crippen LogP contribution in [0.4, 0.5) is 5.69 Å². The molecule has 2 rings (SSSR count). The van der Waals surface area contributed by atoms with E-state index in [0.717, 1.165) is 31.6 Å². The highest BCUT2D eigenvalue weighted by atomic mass is 16.2. The van der Waals surface area contributed by atoms with Crippen molar-refractivity contribution in [2.75, 3.05) is 12.3 Å². The van der Waals surface area contributed by atoms with E-state index >= 15 is 0 Å². The van der Waals surface area contributed by atoms with Crippen LogP contribution in [0.5, 0.6) is 0 Å². The van der Waals surface area contributed by atoms with Crippen molar-refractivity contribution in [2.45, 2.75) is 39.7 Å². The van der Waals surface area contributed by atoms with Crippen LogP contribution in [0.15, 0.2) is 18.2 Å². The first-order valence-corrected chi connectivity index (χ1v) is 6.75. The van der Waals surface area contributed by atoms with Gasteiger partial charge in [0.05, 0.1) is 0 Å². The Hall–Kier alpha value is -1.51. The number of nitrogens with two attached hydrogens (primary N) is 1. The number of anilines is 1. The van der Waals surface area contributed by atoms with Gasteiger partial charge in [0.15, 0.2) is 0 Å². The maximum atomic E-state index is 12.2. The molecular weight excluding hydrogens is 224 g/mol. The van der Waals surface area contributed by atoms with E-state index in [2.05, 4.69) is 19.9 Å². The monoisotopic (exact) mass is 246 g/mol. The van der Waals surface area contributed by atoms with Gasteiger partial charge in [-0.1, -0.05) is 32.4 Å². The predicted octanol–water partition coefficient (Wildman–Crippen LogP) is 2.59. The number of benzene rings is 1. The molecule has 0 aromatic heterocycles. The maximum absolute atomic E-state index is 12.2. The molecule has 3 heteroatoms. The minimum atomic E-state index is 0.275. The quantitative estimate of drug-likeness (QED) is 0.833. The maximum Gasteiger partial charge on any atom is 0.223 e. The Kier molecular flexibility index (Phi) is 3.90. The van der Waals surface area contributed by atoms with Crippen molar-refractivity contribution < 1.29 is 4.79 Å². The SMILES string of the molecule is CCC(C)CC(=O)N1CCc2c(N)cccc2C1. The molecule has 0 aliphatic carbocycles. The third-order valence-electron chi connectivity index (χ3n) is 3.87. The van der Waals surface area contributed by atoms with E-state index in [0.29, 0.717) is 12.3 Å². The van der Waals surface area contributed by atoms with E-state index in [1.807, 2.05) is 17.0 Å². The lowest BCUT2D eigenvalue weighted by atomic mass is 9.97. The summed E-state index contributed by atoms with van der Waals surface area (Å²) < 4.78 is 0. The molecule has 1 aliphatic heterocycles. The molecule has 1 aromatic carbocycles. The van der Waals surface area contributed by atoms with Crippen molar-refractivity contribution in [3.63, 3.8) is 0 Å². The topological polar surface area (TPSA) is 46.3 Å². The zero-order valence-electron chi connectivity index (χ0n) is 11.3. The Bertz CT molecular complexity index is 442. The third-order valence-corrected chi connectivity index (χ3v) is 3.87. The number of amides is 1. The number of hydrogen-bond acceptors (Lipinski definition) is 2. The second kappa shape index (κ2) is 5.42. The van der Waals surface area contributed by atoms with Gasteiger partial charge in [0.25, 0.3) is 0 Å². The fourth-order valence-corrected chi connectivity index (χ4v) is 2.42. The Morgan fingerprint density at radius 3 is 3.00 bits per heavy atom. The normalized spacial score (nSPS) is 16.2. The van der Waals surface area contributed by atoms with Crippen LogP contribution in [0.2, 0.25) is 0 Å². The fourth-order valence-electron chi connectivity index (χ4n) is 2.42. The van der Waals surface area contributed by atoms with Crippen molar-refractivity contribution in [1.82, 2.24) is 4.90 Å². The van der Waals surface area contributed by atoms with Crippen LogP contribution in [0.3, 0.4) is 0 Å². The smallest absolute Gasteiger partial charge is 0.223 e. The second-order valence-electron chi connectivity index (χ2n) is 5.27. The van der Waals surface area contributed by atoms with Crippen LogP contribution in [-0.2, 0) is 17.8 Å². The summed E-state index contributed by atoms with van der Waals surface area (Å²) in [5.41, 5.74) is 9.26. The molecular formula is C15H22N2O. The van der Waals surface area contributed by atoms with E-state index in [9.17, 15) is 4.79 Å². The highest BCUT2D eigenvalue weighted by molar-refractivity contribution is 5.77. The Morgan fingerprint density at radius 2 is 2.28 bits per heavy atom. The summed E-state index contributed by atoms with van der Waals surface area (Å²) in [4.78, 5) is 14.1. The first-order valence-electron chi connectivity index (χ1n) is 6.75. The minimum Gasteiger partial charge on any atom is -0.398 e. The van der Waals surface area contributed by atoms with Crippen molar-refractivity contribution in [2.24, 2.45) is 5.92 Å². The number of carbonyl (C=O) groups excluding carboxylic acids is 1. The van der Waals surface area contributed by atoms with Crippen molar-refractivity contribution in [3.05, 3.63) is 29.3 Å². The van der Waals surface area contributed by atoms with Gasteiger partial charge in [-0.3, -0.25) is 4.79 Å². The van der Waals surface area contributed by atoms with Gasteiger partial charge in [-0.25, -0.2) is 0 Å². The minimum absolute atomic E-state index is 0.275. The highest BCUT2D eigenvalue weighted by Gasteiger charge is 2.22. The Morgan fingerprint density at radius 1 is 1.50 bits per heavy atom. The number of nitrogen functional groups attached to an aromatic ring is 1. The van der Waals surface area contributed by atoms with Crippen LogP contribution < -0.4 is 5.73 Å². The van der Waals surface area contributed by atoms with Crippen molar-refractivity contribution in [1.29, 1.82) is 0 Å². The molecule has 0 saturated heterocycles. The second-order valence-corrected chi connectivity index (χ2v) is 5.27. The summed E-state index contributed by atoms with van der Waals surface area (Å²) in [6.07, 6.45) is 2.60. The van der Waals surface area contributed by atoms with Crippen LogP contribution in [-0.4, -0.2) is 17.4 Å². The molecule has 18 heavy (non-hydrogen) atoms. The number of hydrogen-bond donors (Lipinski definition) is 1. The number of nitrogens with zero attached hydrogens (tertiary/aromatic N) is 1. The Labute approximate surface area is 109 Å². The molecule has 0 bridgehead atoms. The molecule has 1 amide bonds. The van der Waals surface area contributed by atoms with Crippen LogP contribution in [0.1, 0.15) is 37.8 Å². The lowest BCUT2D eigenvalue weighted by Gasteiger charge is -2.30. The lowest BCUT2D eigenvalue weighted by Crippen LogP contribution is -2.36. The average molecular weight is 246 g/mol. The van der Waals surface area contributed by atoms with E-state index in [1.165, 1.54) is 11.1 Å². The zero-order valence-corrected chi connectivity index (χ0v) is 11.3. The van der Waals surface area contributed by atoms with Gasteiger partial charge in [-0.2, -0.15) is 0 Å². The van der Waals surface area contributed by atoms with Gasteiger partial charge in [0, 0.05) is 25.2 Å². The van der Waals surface area contributed by atoms with Gasteiger partial charge < -0.3 is 10.6 Å². The van der Waals surface area contributed by atoms with E-state index in [-0.39, 0.29) is 5.91 Å². The molecule has 2 N–H and O–H groups in total.